The predicted octanol–water partition coefficient (Wildman–Crippen LogP) is 7.42. The van der Waals surface area contributed by atoms with Crippen LogP contribution in [0, 0.1) is 11.8 Å². The number of halogens is 5. The molecule has 0 spiro atoms. The van der Waals surface area contributed by atoms with Crippen molar-refractivity contribution in [3.8, 4) is 11.1 Å². The van der Waals surface area contributed by atoms with Gasteiger partial charge in [-0.15, -0.1) is 0 Å². The van der Waals surface area contributed by atoms with E-state index in [2.05, 4.69) is 0 Å². The first-order chi connectivity index (χ1) is 19.5. The van der Waals surface area contributed by atoms with Gasteiger partial charge in [-0.2, -0.15) is 13.2 Å². The average molecular weight is 612 g/mol. The maximum atomic E-state index is 13.3. The van der Waals surface area contributed by atoms with Crippen molar-refractivity contribution in [2.75, 3.05) is 26.7 Å². The monoisotopic (exact) mass is 610 g/mol. The minimum Gasteiger partial charge on any atom is -0.381 e. The van der Waals surface area contributed by atoms with Crippen molar-refractivity contribution in [2.45, 2.75) is 69.7 Å². The van der Waals surface area contributed by atoms with Crippen LogP contribution in [0.5, 0.6) is 0 Å². The molecule has 5 nitrogen and oxygen atoms in total. The number of piperidine rings is 1. The molecular weight excluding hydrogens is 576 g/mol. The third-order valence-corrected chi connectivity index (χ3v) is 9.74. The molecule has 0 radical (unpaired) electrons. The van der Waals surface area contributed by atoms with Crippen molar-refractivity contribution in [2.24, 2.45) is 11.8 Å². The Balaban J connectivity index is 1.21. The summed E-state index contributed by atoms with van der Waals surface area (Å²) in [6.45, 7) is 0.936. The summed E-state index contributed by atoms with van der Waals surface area (Å²) in [5.41, 5.74) is 2.77. The van der Waals surface area contributed by atoms with Crippen LogP contribution in [-0.2, 0) is 16.0 Å². The molecule has 1 atom stereocenters. The molecule has 222 valence electrons. The Morgan fingerprint density at radius 1 is 0.902 bits per heavy atom. The quantitative estimate of drug-likeness (QED) is 0.342. The van der Waals surface area contributed by atoms with E-state index in [0.29, 0.717) is 22.0 Å². The zero-order chi connectivity index (χ0) is 29.3. The number of amides is 2. The Labute approximate surface area is 248 Å². The van der Waals surface area contributed by atoms with Crippen LogP contribution in [0.15, 0.2) is 36.4 Å². The summed E-state index contributed by atoms with van der Waals surface area (Å²) in [5.74, 6) is -1.60. The normalized spacial score (nSPS) is 24.2. The Kier molecular flexibility index (Phi) is 9.22. The summed E-state index contributed by atoms with van der Waals surface area (Å²) < 4.78 is 44.4. The van der Waals surface area contributed by atoms with Crippen molar-refractivity contribution in [1.29, 1.82) is 0 Å². The maximum Gasteiger partial charge on any atom is 0.391 e. The highest BCUT2D eigenvalue weighted by molar-refractivity contribution is 6.36. The standard InChI is InChI=1S/C31H35Cl2F3N2O3/c1-41-25-8-6-24(7-9-25)38-15-10-21(30(38)40)16-26-27(32)17-22(18-28(26)33)19-2-4-20(5-3-19)29(39)37-13-11-23(12-14-37)31(34,35)36/h2-5,17-18,21,23-25H,6-16H2,1H3. The van der Waals surface area contributed by atoms with Gasteiger partial charge in [0.05, 0.1) is 12.0 Å². The van der Waals surface area contributed by atoms with Crippen molar-refractivity contribution >= 4 is 35.0 Å². The fourth-order valence-corrected chi connectivity index (χ4v) is 7.16. The number of alkyl halides is 3. The van der Waals surface area contributed by atoms with Crippen LogP contribution in [0.1, 0.15) is 60.9 Å². The average Bonchev–Trinajstić information content (AvgIpc) is 3.33. The van der Waals surface area contributed by atoms with E-state index in [1.54, 1.807) is 31.4 Å². The molecule has 1 aliphatic carbocycles. The molecule has 2 aromatic rings. The molecule has 5 rings (SSSR count). The summed E-state index contributed by atoms with van der Waals surface area (Å²) >= 11 is 13.4. The summed E-state index contributed by atoms with van der Waals surface area (Å²) in [7, 11) is 1.74. The van der Waals surface area contributed by atoms with E-state index in [9.17, 15) is 22.8 Å². The molecule has 41 heavy (non-hydrogen) atoms. The van der Waals surface area contributed by atoms with Gasteiger partial charge in [-0.05, 0) is 92.3 Å². The lowest BCUT2D eigenvalue weighted by Crippen LogP contribution is -2.42. The lowest BCUT2D eigenvalue weighted by Gasteiger charge is -2.34. The number of nitrogens with zero attached hydrogens (tertiary/aromatic N) is 2. The van der Waals surface area contributed by atoms with Crippen molar-refractivity contribution in [1.82, 2.24) is 9.80 Å². The van der Waals surface area contributed by atoms with Gasteiger partial charge in [0, 0.05) is 54.3 Å². The number of benzene rings is 2. The summed E-state index contributed by atoms with van der Waals surface area (Å²) in [6, 6.07) is 10.8. The predicted molar refractivity (Wildman–Crippen MR) is 153 cm³/mol. The highest BCUT2D eigenvalue weighted by Crippen LogP contribution is 2.38. The molecule has 2 amide bonds. The van der Waals surface area contributed by atoms with Gasteiger partial charge in [-0.1, -0.05) is 35.3 Å². The third-order valence-electron chi connectivity index (χ3n) is 9.07. The van der Waals surface area contributed by atoms with E-state index < -0.39 is 12.1 Å². The largest absolute Gasteiger partial charge is 0.391 e. The molecule has 2 saturated heterocycles. The first kappa shape index (κ1) is 30.2. The zero-order valence-corrected chi connectivity index (χ0v) is 24.6. The molecular formula is C31H35Cl2F3N2O3. The Bertz CT molecular complexity index is 1230. The van der Waals surface area contributed by atoms with Gasteiger partial charge in [-0.3, -0.25) is 9.59 Å². The number of likely N-dealkylation sites (tertiary alicyclic amines) is 2. The summed E-state index contributed by atoms with van der Waals surface area (Å²) in [6.07, 6.45) is 1.08. The van der Waals surface area contributed by atoms with Gasteiger partial charge in [0.1, 0.15) is 0 Å². The van der Waals surface area contributed by atoms with Crippen LogP contribution >= 0.6 is 23.2 Å². The fourth-order valence-electron chi connectivity index (χ4n) is 6.52. The fraction of sp³-hybridized carbons (Fsp3) is 0.548. The van der Waals surface area contributed by atoms with Crippen molar-refractivity contribution in [3.63, 3.8) is 0 Å². The van der Waals surface area contributed by atoms with Crippen LogP contribution < -0.4 is 0 Å². The second-order valence-corrected chi connectivity index (χ2v) is 12.3. The van der Waals surface area contributed by atoms with E-state index >= 15 is 0 Å². The topological polar surface area (TPSA) is 49.9 Å². The Hall–Kier alpha value is -2.29. The van der Waals surface area contributed by atoms with Crippen molar-refractivity contribution in [3.05, 3.63) is 57.6 Å². The zero-order valence-electron chi connectivity index (χ0n) is 23.1. The van der Waals surface area contributed by atoms with E-state index in [4.69, 9.17) is 27.9 Å². The second-order valence-electron chi connectivity index (χ2n) is 11.5. The molecule has 2 aliphatic heterocycles. The molecule has 0 bridgehead atoms. The molecule has 1 saturated carbocycles. The van der Waals surface area contributed by atoms with E-state index in [-0.39, 0.29) is 55.8 Å². The van der Waals surface area contributed by atoms with Crippen LogP contribution in [-0.4, -0.2) is 66.7 Å². The van der Waals surface area contributed by atoms with Crippen LogP contribution in [0.25, 0.3) is 11.1 Å². The lowest BCUT2D eigenvalue weighted by molar-refractivity contribution is -0.183. The lowest BCUT2D eigenvalue weighted by atomic mass is 9.91. The molecule has 0 N–H and O–H groups in total. The van der Waals surface area contributed by atoms with Gasteiger partial charge in [0.15, 0.2) is 0 Å². The molecule has 3 fully saturated rings. The molecule has 0 aromatic heterocycles. The first-order valence-electron chi connectivity index (χ1n) is 14.3. The minimum absolute atomic E-state index is 0.0729. The SMILES string of the molecule is COC1CCC(N2CCC(Cc3c(Cl)cc(-c4ccc(C(=O)N5CCC(C(F)(F)F)CC5)cc4)cc3Cl)C2=O)CC1. The number of hydrogen-bond acceptors (Lipinski definition) is 3. The van der Waals surface area contributed by atoms with E-state index in [1.807, 2.05) is 17.0 Å². The third kappa shape index (κ3) is 6.70. The number of ether oxygens (including phenoxy) is 1. The number of carbonyl (C=O) groups is 2. The first-order valence-corrected chi connectivity index (χ1v) is 15.1. The molecule has 2 aromatic carbocycles. The highest BCUT2D eigenvalue weighted by Gasteiger charge is 2.42. The Morgan fingerprint density at radius 2 is 1.51 bits per heavy atom. The highest BCUT2D eigenvalue weighted by atomic mass is 35.5. The van der Waals surface area contributed by atoms with E-state index in [1.165, 1.54) is 4.90 Å². The second kappa shape index (κ2) is 12.5. The molecule has 2 heterocycles. The number of rotatable bonds is 6. The number of hydrogen-bond donors (Lipinski definition) is 0. The van der Waals surface area contributed by atoms with Crippen LogP contribution in [0.3, 0.4) is 0 Å². The Morgan fingerprint density at radius 3 is 2.07 bits per heavy atom. The summed E-state index contributed by atoms with van der Waals surface area (Å²) in [5, 5.41) is 0.985. The maximum absolute atomic E-state index is 13.3. The smallest absolute Gasteiger partial charge is 0.381 e. The van der Waals surface area contributed by atoms with Gasteiger partial charge in [0.2, 0.25) is 5.91 Å². The summed E-state index contributed by atoms with van der Waals surface area (Å²) in [4.78, 5) is 29.6. The van der Waals surface area contributed by atoms with Crippen LogP contribution in [0.4, 0.5) is 13.2 Å². The van der Waals surface area contributed by atoms with Crippen LogP contribution in [0.2, 0.25) is 10.0 Å². The molecule has 3 aliphatic rings. The van der Waals surface area contributed by atoms with E-state index in [0.717, 1.165) is 55.3 Å². The van der Waals surface area contributed by atoms with Gasteiger partial charge < -0.3 is 14.5 Å². The minimum atomic E-state index is -4.22. The number of carbonyl (C=O) groups excluding carboxylic acids is 2. The molecule has 1 unspecified atom stereocenters. The van der Waals surface area contributed by atoms with Gasteiger partial charge in [0.25, 0.3) is 5.91 Å². The molecule has 10 heteroatoms. The van der Waals surface area contributed by atoms with Gasteiger partial charge in [-0.25, -0.2) is 0 Å². The van der Waals surface area contributed by atoms with Crippen molar-refractivity contribution < 1.29 is 27.5 Å². The van der Waals surface area contributed by atoms with Gasteiger partial charge >= 0.3 is 6.18 Å². The number of methoxy groups -OCH3 is 1.